The molecule has 2 aromatic carbocycles. The summed E-state index contributed by atoms with van der Waals surface area (Å²) in [7, 11) is 0. The van der Waals surface area contributed by atoms with E-state index < -0.39 is 30.3 Å². The predicted octanol–water partition coefficient (Wildman–Crippen LogP) is 4.32. The van der Waals surface area contributed by atoms with Gasteiger partial charge in [0.05, 0.1) is 11.0 Å². The molecule has 8 atom stereocenters. The number of benzene rings is 2. The Kier molecular flexibility index (Phi) is 9.81. The molecule has 0 unspecified atom stereocenters. The fourth-order valence-electron chi connectivity index (χ4n) is 8.08. The van der Waals surface area contributed by atoms with Crippen LogP contribution in [0.25, 0.3) is 43.9 Å². The number of nitrogens with two attached hydrogens (primary N) is 2. The van der Waals surface area contributed by atoms with Gasteiger partial charge in [0.25, 0.3) is 0 Å². The molecule has 0 aliphatic carbocycles. The second-order valence-corrected chi connectivity index (χ2v) is 15.5. The molecule has 0 radical (unpaired) electrons. The first-order valence-electron chi connectivity index (χ1n) is 19.7. The second-order valence-electron chi connectivity index (χ2n) is 15.5. The number of ether oxygens (including phenoxy) is 6. The van der Waals surface area contributed by atoms with Crippen LogP contribution >= 0.6 is 0 Å². The molecular weight excluding hydrogens is 785 g/mol. The number of hydrogen-bond donors (Lipinski definition) is 4. The Balaban J connectivity index is 0.000000147. The molecule has 0 spiro atoms. The van der Waals surface area contributed by atoms with Gasteiger partial charge in [-0.05, 0) is 74.5 Å². The van der Waals surface area contributed by atoms with Gasteiger partial charge in [0.2, 0.25) is 0 Å². The number of hydrogen-bond acceptors (Lipinski definition) is 16. The van der Waals surface area contributed by atoms with Crippen LogP contribution < -0.4 is 20.9 Å². The summed E-state index contributed by atoms with van der Waals surface area (Å²) in [4.78, 5) is 25.4. The van der Waals surface area contributed by atoms with Crippen LogP contribution in [0.5, 0.6) is 11.5 Å². The SMILES string of the molecule is CC1(C)O[C@@H]2[C@H](O1)[C@@H](COc1ccc3ccc(N)nc3c1)O[C@H]2n1ccc2cncnc21.Nc1ccc2ccc(OC[C@H]3O[C@@H](n4ccc5cncnc54)[C@H](O)[C@@H]3O)cc2n1. The monoisotopic (exact) mass is 826 g/mol. The van der Waals surface area contributed by atoms with Crippen LogP contribution in [-0.4, -0.2) is 105 Å². The van der Waals surface area contributed by atoms with Crippen LogP contribution in [-0.2, 0) is 18.9 Å². The van der Waals surface area contributed by atoms with Gasteiger partial charge in [-0.15, -0.1) is 0 Å². The highest BCUT2D eigenvalue weighted by molar-refractivity contribution is 5.82. The molecule has 0 amide bonds. The van der Waals surface area contributed by atoms with Crippen LogP contribution in [0.2, 0.25) is 0 Å². The van der Waals surface area contributed by atoms with Gasteiger partial charge in [-0.25, -0.2) is 29.9 Å². The van der Waals surface area contributed by atoms with Crippen LogP contribution in [0.15, 0.2) is 110 Å². The second kappa shape index (κ2) is 15.5. The Morgan fingerprint density at radius 1 is 0.623 bits per heavy atom. The number of anilines is 2. The van der Waals surface area contributed by atoms with E-state index in [1.54, 1.807) is 41.4 Å². The smallest absolute Gasteiger partial charge is 0.164 e. The molecule has 0 saturated carbocycles. The van der Waals surface area contributed by atoms with Gasteiger partial charge in [0.15, 0.2) is 18.2 Å². The summed E-state index contributed by atoms with van der Waals surface area (Å²) in [5.41, 5.74) is 14.5. The third-order valence-electron chi connectivity index (χ3n) is 11.0. The van der Waals surface area contributed by atoms with E-state index in [1.165, 1.54) is 12.7 Å². The lowest BCUT2D eigenvalue weighted by molar-refractivity contribution is -0.198. The van der Waals surface area contributed by atoms with E-state index in [1.807, 2.05) is 79.2 Å². The molecule has 0 bridgehead atoms. The number of nitrogens with zero attached hydrogens (tertiary/aromatic N) is 8. The summed E-state index contributed by atoms with van der Waals surface area (Å²) in [5.74, 6) is 1.46. The van der Waals surface area contributed by atoms with Gasteiger partial charge in [-0.2, -0.15) is 0 Å². The fraction of sp³-hybridized carbons (Fsp3) is 0.302. The van der Waals surface area contributed by atoms with E-state index in [4.69, 9.17) is 39.9 Å². The number of aliphatic hydroxyl groups excluding tert-OH is 2. The Labute approximate surface area is 347 Å². The molecule has 18 heteroatoms. The van der Waals surface area contributed by atoms with Crippen LogP contribution in [0, 0.1) is 0 Å². The molecule has 11 rings (SSSR count). The van der Waals surface area contributed by atoms with Crippen molar-refractivity contribution in [3.63, 3.8) is 0 Å². The summed E-state index contributed by atoms with van der Waals surface area (Å²) in [6.07, 6.45) is 5.13. The quantitative estimate of drug-likeness (QED) is 0.167. The van der Waals surface area contributed by atoms with Gasteiger partial charge >= 0.3 is 0 Å². The van der Waals surface area contributed by atoms with Crippen molar-refractivity contribution in [2.24, 2.45) is 0 Å². The number of aromatic nitrogens is 8. The zero-order chi connectivity index (χ0) is 41.8. The third-order valence-corrected chi connectivity index (χ3v) is 11.0. The predicted molar refractivity (Wildman–Crippen MR) is 222 cm³/mol. The molecule has 3 aliphatic heterocycles. The fourth-order valence-corrected chi connectivity index (χ4v) is 8.08. The zero-order valence-electron chi connectivity index (χ0n) is 33.0. The Morgan fingerprint density at radius 2 is 1.13 bits per heavy atom. The molecule has 61 heavy (non-hydrogen) atoms. The van der Waals surface area contributed by atoms with Crippen molar-refractivity contribution in [1.82, 2.24) is 39.0 Å². The largest absolute Gasteiger partial charge is 0.491 e. The van der Waals surface area contributed by atoms with Gasteiger partial charge in [0.1, 0.15) is 96.9 Å². The van der Waals surface area contributed by atoms with E-state index in [0.29, 0.717) is 40.9 Å². The first-order valence-corrected chi connectivity index (χ1v) is 19.7. The first-order chi connectivity index (χ1) is 29.6. The van der Waals surface area contributed by atoms with Crippen LogP contribution in [0.3, 0.4) is 0 Å². The minimum absolute atomic E-state index is 0.0662. The first kappa shape index (κ1) is 38.6. The lowest BCUT2D eigenvalue weighted by Gasteiger charge is -2.25. The summed E-state index contributed by atoms with van der Waals surface area (Å²) < 4.78 is 40.3. The number of nitrogen functional groups attached to an aromatic ring is 2. The maximum absolute atomic E-state index is 10.5. The Morgan fingerprint density at radius 3 is 1.72 bits per heavy atom. The molecule has 312 valence electrons. The highest BCUT2D eigenvalue weighted by Crippen LogP contribution is 2.44. The van der Waals surface area contributed by atoms with E-state index in [0.717, 1.165) is 32.7 Å². The maximum Gasteiger partial charge on any atom is 0.164 e. The minimum Gasteiger partial charge on any atom is -0.491 e. The standard InChI is InChI=1S/C23H23N5O4.C20H19N5O4/c1-23(2)31-19-17(11-29-15-5-3-13-4-6-18(24)27-16(13)9-15)30-22(20(19)32-23)28-8-7-14-10-25-12-26-21(14)28;21-16-4-2-11-1-3-13(7-14(11)24-16)28-9-15-17(26)18(27)20(29-15)25-6-5-12-8-22-10-23-19(12)25/h3-10,12,17,19-20,22H,11H2,1-2H3,(H2,24,27);1-8,10,15,17-18,20,26-27H,9H2,(H2,21,24)/t17-,19-,20-,22-;15-,17-,18-,20-/m11/s1. The van der Waals surface area contributed by atoms with Gasteiger partial charge in [-0.1, -0.05) is 0 Å². The number of fused-ring (bicyclic) bond motifs is 5. The summed E-state index contributed by atoms with van der Waals surface area (Å²) in [6.45, 7) is 4.20. The highest BCUT2D eigenvalue weighted by atomic mass is 16.8. The van der Waals surface area contributed by atoms with E-state index in [9.17, 15) is 10.2 Å². The zero-order valence-corrected chi connectivity index (χ0v) is 33.0. The third kappa shape index (κ3) is 7.49. The average Bonchev–Trinajstić information content (AvgIpc) is 4.08. The van der Waals surface area contributed by atoms with Crippen molar-refractivity contribution >= 4 is 55.5 Å². The Hall–Kier alpha value is -6.54. The van der Waals surface area contributed by atoms with Crippen molar-refractivity contribution in [2.45, 2.75) is 68.7 Å². The van der Waals surface area contributed by atoms with E-state index >= 15 is 0 Å². The highest BCUT2D eigenvalue weighted by Gasteiger charge is 2.56. The van der Waals surface area contributed by atoms with Gasteiger partial charge < -0.3 is 59.2 Å². The summed E-state index contributed by atoms with van der Waals surface area (Å²) in [5, 5.41) is 24.7. The van der Waals surface area contributed by atoms with Crippen LogP contribution in [0.1, 0.15) is 26.3 Å². The topological polar surface area (TPSA) is 235 Å². The molecule has 3 fully saturated rings. The number of pyridine rings is 2. The van der Waals surface area contributed by atoms with Crippen molar-refractivity contribution in [1.29, 1.82) is 0 Å². The van der Waals surface area contributed by atoms with Gasteiger partial charge in [0, 0.05) is 58.5 Å². The molecule has 8 aromatic rings. The van der Waals surface area contributed by atoms with Gasteiger partial charge in [-0.3, -0.25) is 0 Å². The lowest BCUT2D eigenvalue weighted by Crippen LogP contribution is -2.34. The average molecular weight is 827 g/mol. The lowest BCUT2D eigenvalue weighted by atomic mass is 10.1. The molecule has 6 N–H and O–H groups in total. The molecule has 9 heterocycles. The van der Waals surface area contributed by atoms with Crippen molar-refractivity contribution in [3.05, 3.63) is 110 Å². The minimum atomic E-state index is -1.12. The number of aliphatic hydroxyl groups is 2. The molecule has 3 saturated heterocycles. The number of rotatable bonds is 8. The molecule has 18 nitrogen and oxygen atoms in total. The van der Waals surface area contributed by atoms with E-state index in [2.05, 4.69) is 29.9 Å². The van der Waals surface area contributed by atoms with Crippen molar-refractivity contribution in [3.8, 4) is 11.5 Å². The molecule has 3 aliphatic rings. The van der Waals surface area contributed by atoms with Crippen molar-refractivity contribution < 1.29 is 38.6 Å². The molecular formula is C43H42N10O8. The maximum atomic E-state index is 10.5. The van der Waals surface area contributed by atoms with E-state index in [-0.39, 0.29) is 31.1 Å². The Bertz CT molecular complexity index is 2870. The summed E-state index contributed by atoms with van der Waals surface area (Å²) in [6, 6.07) is 22.4. The normalized spacial score (nSPS) is 25.5. The molecule has 6 aromatic heterocycles. The van der Waals surface area contributed by atoms with Crippen LogP contribution in [0.4, 0.5) is 11.6 Å². The van der Waals surface area contributed by atoms with Crippen molar-refractivity contribution in [2.75, 3.05) is 24.7 Å². The summed E-state index contributed by atoms with van der Waals surface area (Å²) >= 11 is 0.